The topological polar surface area (TPSA) is 146 Å². The van der Waals surface area contributed by atoms with Crippen LogP contribution in [0.1, 0.15) is 19.8 Å². The lowest BCUT2D eigenvalue weighted by atomic mass is 9.83. The zero-order chi connectivity index (χ0) is 18.3. The van der Waals surface area contributed by atoms with Crippen LogP contribution < -0.4 is 0 Å². The van der Waals surface area contributed by atoms with E-state index in [2.05, 4.69) is 0 Å². The number of hydrogen-bond acceptors (Lipinski definition) is 8. The highest BCUT2D eigenvalue weighted by Gasteiger charge is 2.50. The van der Waals surface area contributed by atoms with Gasteiger partial charge in [-0.1, -0.05) is 6.92 Å². The van der Waals surface area contributed by atoms with Gasteiger partial charge in [0.15, 0.2) is 6.29 Å². The van der Waals surface area contributed by atoms with E-state index >= 15 is 0 Å². The summed E-state index contributed by atoms with van der Waals surface area (Å²) in [6, 6.07) is 0. The van der Waals surface area contributed by atoms with E-state index in [-0.39, 0.29) is 23.3 Å². The molecular weight excluding hydrogens is 336 g/mol. The molecule has 9 heteroatoms. The molecule has 142 valence electrons. The monoisotopic (exact) mass is 360 g/mol. The molecule has 5 N–H and O–H groups in total. The number of aliphatic carboxylic acids is 1. The largest absolute Gasteiger partial charge is 0.478 e. The molecule has 3 aliphatic rings. The fraction of sp³-hybridized carbons (Fsp3) is 0.812. The van der Waals surface area contributed by atoms with E-state index in [4.69, 9.17) is 14.2 Å². The highest BCUT2D eigenvalue weighted by Crippen LogP contribution is 2.47. The van der Waals surface area contributed by atoms with Gasteiger partial charge in [-0.05, 0) is 18.8 Å². The molecule has 1 aliphatic carbocycles. The predicted molar refractivity (Wildman–Crippen MR) is 80.8 cm³/mol. The molecule has 0 radical (unpaired) electrons. The van der Waals surface area contributed by atoms with E-state index in [0.29, 0.717) is 6.42 Å². The second kappa shape index (κ2) is 7.18. The number of carbonyl (C=O) groups is 1. The summed E-state index contributed by atoms with van der Waals surface area (Å²) in [4.78, 5) is 11.4. The molecule has 9 nitrogen and oxygen atoms in total. The van der Waals surface area contributed by atoms with Crippen LogP contribution in [0.5, 0.6) is 0 Å². The lowest BCUT2D eigenvalue weighted by Crippen LogP contribution is -2.60. The molecule has 9 atom stereocenters. The van der Waals surface area contributed by atoms with Gasteiger partial charge in [0.2, 0.25) is 6.29 Å². The van der Waals surface area contributed by atoms with Gasteiger partial charge < -0.3 is 39.7 Å². The number of rotatable bonds is 4. The lowest BCUT2D eigenvalue weighted by molar-refractivity contribution is -0.342. The minimum Gasteiger partial charge on any atom is -0.478 e. The first-order chi connectivity index (χ1) is 11.8. The summed E-state index contributed by atoms with van der Waals surface area (Å²) in [5, 5.41) is 48.3. The maximum Gasteiger partial charge on any atom is 0.334 e. The van der Waals surface area contributed by atoms with Crippen molar-refractivity contribution in [1.82, 2.24) is 0 Å². The average molecular weight is 360 g/mol. The SMILES string of the molecule is CC1CC[C@@H]2C(C(=O)O)=COC(OC3OC(CO)C(O)C(O)C3O)[C@H]12. The standard InChI is InChI=1S/C16H24O9/c1-6-2-3-7-8(14(21)22)5-23-15(10(6)7)25-16-13(20)12(19)11(18)9(4-17)24-16/h5-7,9-13,15-20H,2-4H2,1H3,(H,21,22)/t6?,7-,9?,10-,11?,12?,13?,15?,16?/m1/s1. The number of carboxylic acid groups (broad SMARTS) is 1. The summed E-state index contributed by atoms with van der Waals surface area (Å²) in [6.45, 7) is 1.42. The van der Waals surface area contributed by atoms with E-state index in [9.17, 15) is 30.3 Å². The van der Waals surface area contributed by atoms with Crippen LogP contribution in [0.25, 0.3) is 0 Å². The Hall–Kier alpha value is -1.23. The van der Waals surface area contributed by atoms with Gasteiger partial charge in [-0.3, -0.25) is 0 Å². The van der Waals surface area contributed by atoms with Crippen molar-refractivity contribution < 1.29 is 44.5 Å². The van der Waals surface area contributed by atoms with E-state index in [1.807, 2.05) is 6.92 Å². The maximum absolute atomic E-state index is 11.4. The van der Waals surface area contributed by atoms with Crippen LogP contribution in [0.4, 0.5) is 0 Å². The molecular formula is C16H24O9. The number of fused-ring (bicyclic) bond motifs is 1. The molecule has 0 spiro atoms. The molecule has 7 unspecified atom stereocenters. The van der Waals surface area contributed by atoms with Gasteiger partial charge >= 0.3 is 5.97 Å². The average Bonchev–Trinajstić information content (AvgIpc) is 2.97. The summed E-state index contributed by atoms with van der Waals surface area (Å²) in [6.07, 6.45) is -5.10. The Balaban J connectivity index is 1.77. The number of ether oxygens (including phenoxy) is 3. The number of carboxylic acids is 1. The molecule has 3 rings (SSSR count). The zero-order valence-corrected chi connectivity index (χ0v) is 13.8. The Kier molecular flexibility index (Phi) is 5.33. The van der Waals surface area contributed by atoms with Gasteiger partial charge in [0.05, 0.1) is 18.4 Å². The highest BCUT2D eigenvalue weighted by atomic mass is 16.8. The summed E-state index contributed by atoms with van der Waals surface area (Å²) < 4.78 is 16.5. The zero-order valence-electron chi connectivity index (χ0n) is 13.8. The van der Waals surface area contributed by atoms with Gasteiger partial charge in [0.1, 0.15) is 24.4 Å². The molecule has 25 heavy (non-hydrogen) atoms. The molecule has 2 aliphatic heterocycles. The highest BCUT2D eigenvalue weighted by molar-refractivity contribution is 5.87. The molecule has 0 aromatic heterocycles. The second-order valence-corrected chi connectivity index (χ2v) is 6.95. The van der Waals surface area contributed by atoms with Gasteiger partial charge in [-0.25, -0.2) is 4.79 Å². The third-order valence-electron chi connectivity index (χ3n) is 5.46. The van der Waals surface area contributed by atoms with Crippen molar-refractivity contribution in [3.63, 3.8) is 0 Å². The number of aliphatic hydroxyl groups excluding tert-OH is 4. The van der Waals surface area contributed by atoms with Crippen molar-refractivity contribution in [2.24, 2.45) is 17.8 Å². The fourth-order valence-corrected chi connectivity index (χ4v) is 4.01. The molecule has 0 aromatic rings. The molecule has 1 saturated heterocycles. The van der Waals surface area contributed by atoms with Crippen LogP contribution in [0, 0.1) is 17.8 Å². The maximum atomic E-state index is 11.4. The van der Waals surface area contributed by atoms with Gasteiger partial charge in [-0.2, -0.15) is 0 Å². The van der Waals surface area contributed by atoms with Crippen molar-refractivity contribution in [3.05, 3.63) is 11.8 Å². The summed E-state index contributed by atoms with van der Waals surface area (Å²) in [7, 11) is 0. The van der Waals surface area contributed by atoms with Crippen molar-refractivity contribution in [1.29, 1.82) is 0 Å². The third-order valence-corrected chi connectivity index (χ3v) is 5.46. The summed E-state index contributed by atoms with van der Waals surface area (Å²) in [5.41, 5.74) is 0.197. The number of aliphatic hydroxyl groups is 4. The fourth-order valence-electron chi connectivity index (χ4n) is 4.01. The molecule has 0 aromatic carbocycles. The normalized spacial score (nSPS) is 46.9. The Bertz CT molecular complexity index is 534. The van der Waals surface area contributed by atoms with E-state index < -0.39 is 49.6 Å². The van der Waals surface area contributed by atoms with Gasteiger partial charge in [0, 0.05) is 11.8 Å². The Morgan fingerprint density at radius 3 is 2.56 bits per heavy atom. The van der Waals surface area contributed by atoms with Crippen molar-refractivity contribution >= 4 is 5.97 Å². The lowest BCUT2D eigenvalue weighted by Gasteiger charge is -2.43. The number of hydrogen-bond donors (Lipinski definition) is 5. The van der Waals surface area contributed by atoms with Crippen molar-refractivity contribution in [3.8, 4) is 0 Å². The minimum atomic E-state index is -1.54. The quantitative estimate of drug-likeness (QED) is 0.417. The van der Waals surface area contributed by atoms with Crippen LogP contribution in [0.15, 0.2) is 11.8 Å². The molecule has 2 heterocycles. The van der Waals surface area contributed by atoms with Crippen LogP contribution in [-0.4, -0.2) is 75.1 Å². The Morgan fingerprint density at radius 2 is 1.92 bits per heavy atom. The molecule has 2 fully saturated rings. The first-order valence-electron chi connectivity index (χ1n) is 8.40. The third kappa shape index (κ3) is 3.27. The van der Waals surface area contributed by atoms with E-state index in [0.717, 1.165) is 12.7 Å². The van der Waals surface area contributed by atoms with Crippen molar-refractivity contribution in [2.45, 2.75) is 56.8 Å². The minimum absolute atomic E-state index is 0.142. The van der Waals surface area contributed by atoms with Crippen LogP contribution in [0.3, 0.4) is 0 Å². The van der Waals surface area contributed by atoms with E-state index in [1.165, 1.54) is 0 Å². The molecule has 1 saturated carbocycles. The smallest absolute Gasteiger partial charge is 0.334 e. The Morgan fingerprint density at radius 1 is 1.20 bits per heavy atom. The second-order valence-electron chi connectivity index (χ2n) is 6.95. The van der Waals surface area contributed by atoms with Gasteiger partial charge in [0.25, 0.3) is 0 Å². The first-order valence-corrected chi connectivity index (χ1v) is 8.40. The van der Waals surface area contributed by atoms with Gasteiger partial charge in [-0.15, -0.1) is 0 Å². The predicted octanol–water partition coefficient (Wildman–Crippen LogP) is -1.21. The van der Waals surface area contributed by atoms with Crippen LogP contribution >= 0.6 is 0 Å². The van der Waals surface area contributed by atoms with Crippen LogP contribution in [-0.2, 0) is 19.0 Å². The summed E-state index contributed by atoms with van der Waals surface area (Å²) >= 11 is 0. The summed E-state index contributed by atoms with van der Waals surface area (Å²) in [5.74, 6) is -1.35. The molecule has 0 bridgehead atoms. The van der Waals surface area contributed by atoms with Crippen molar-refractivity contribution in [2.75, 3.05) is 6.61 Å². The molecule has 0 amide bonds. The first kappa shape index (κ1) is 18.6. The van der Waals surface area contributed by atoms with Crippen LogP contribution in [0.2, 0.25) is 0 Å². The Labute approximate surface area is 144 Å². The van der Waals surface area contributed by atoms with E-state index in [1.54, 1.807) is 0 Å².